The minimum Gasteiger partial charge on any atom is -0.369 e. The lowest BCUT2D eigenvalue weighted by Crippen LogP contribution is -2.29. The van der Waals surface area contributed by atoms with Crippen molar-refractivity contribution >= 4 is 0 Å². The van der Waals surface area contributed by atoms with Crippen molar-refractivity contribution in [3.8, 4) is 0 Å². The van der Waals surface area contributed by atoms with E-state index in [2.05, 4.69) is 19.2 Å². The zero-order chi connectivity index (χ0) is 14.4. The Morgan fingerprint density at radius 1 is 1.20 bits per heavy atom. The van der Waals surface area contributed by atoms with E-state index < -0.39 is 0 Å². The number of benzene rings is 1. The highest BCUT2D eigenvalue weighted by Gasteiger charge is 2.23. The van der Waals surface area contributed by atoms with Crippen LogP contribution in [-0.2, 0) is 4.74 Å². The maximum atomic E-state index is 13.0. The molecule has 0 amide bonds. The van der Waals surface area contributed by atoms with Gasteiger partial charge in [-0.25, -0.2) is 4.39 Å². The molecule has 0 bridgehead atoms. The summed E-state index contributed by atoms with van der Waals surface area (Å²) in [5.41, 5.74) is 1.06. The number of hydrogen-bond acceptors (Lipinski definition) is 2. The minimum atomic E-state index is -0.192. The first-order valence-electron chi connectivity index (χ1n) is 7.80. The molecule has 112 valence electrons. The number of hydrogen-bond donors (Lipinski definition) is 1. The molecule has 0 heterocycles. The summed E-state index contributed by atoms with van der Waals surface area (Å²) in [6.07, 6.45) is 5.16. The molecule has 1 fully saturated rings. The lowest BCUT2D eigenvalue weighted by atomic mass is 9.89. The van der Waals surface area contributed by atoms with Crippen LogP contribution in [0.1, 0.15) is 51.2 Å². The Balaban J connectivity index is 1.97. The van der Waals surface area contributed by atoms with Gasteiger partial charge in [0, 0.05) is 6.54 Å². The van der Waals surface area contributed by atoms with Crippen molar-refractivity contribution in [1.29, 1.82) is 0 Å². The van der Waals surface area contributed by atoms with Gasteiger partial charge in [0.1, 0.15) is 5.82 Å². The van der Waals surface area contributed by atoms with Crippen LogP contribution < -0.4 is 5.32 Å². The molecule has 1 saturated carbocycles. The summed E-state index contributed by atoms with van der Waals surface area (Å²) in [6, 6.07) is 6.70. The van der Waals surface area contributed by atoms with E-state index in [1.54, 1.807) is 0 Å². The second kappa shape index (κ2) is 7.75. The van der Waals surface area contributed by atoms with E-state index in [4.69, 9.17) is 4.74 Å². The summed E-state index contributed by atoms with van der Waals surface area (Å²) in [5, 5.41) is 3.34. The fourth-order valence-electron chi connectivity index (χ4n) is 2.80. The molecule has 1 atom stereocenters. The van der Waals surface area contributed by atoms with E-state index in [1.165, 1.54) is 25.0 Å². The van der Waals surface area contributed by atoms with Gasteiger partial charge in [-0.2, -0.15) is 0 Å². The molecular weight excluding hydrogens is 253 g/mol. The molecule has 2 nitrogen and oxygen atoms in total. The average Bonchev–Trinajstić information content (AvgIpc) is 2.46. The predicted molar refractivity (Wildman–Crippen MR) is 80.2 cm³/mol. The van der Waals surface area contributed by atoms with Crippen molar-refractivity contribution < 1.29 is 9.13 Å². The summed E-state index contributed by atoms with van der Waals surface area (Å²) < 4.78 is 19.3. The standard InChI is InChI=1S/C17H26FNO/c1-3-19-12-17(14-6-8-15(18)9-7-14)20-16-10-4-13(2)5-11-16/h6-9,13,16-17,19H,3-5,10-12H2,1-2H3. The third kappa shape index (κ3) is 4.57. The molecule has 0 saturated heterocycles. The lowest BCUT2D eigenvalue weighted by Gasteiger charge is -2.30. The largest absolute Gasteiger partial charge is 0.369 e. The average molecular weight is 279 g/mol. The van der Waals surface area contributed by atoms with Gasteiger partial charge in [-0.3, -0.25) is 0 Å². The van der Waals surface area contributed by atoms with Crippen LogP contribution in [0.2, 0.25) is 0 Å². The zero-order valence-electron chi connectivity index (χ0n) is 12.6. The second-order valence-electron chi connectivity index (χ2n) is 5.87. The van der Waals surface area contributed by atoms with E-state index in [9.17, 15) is 4.39 Å². The van der Waals surface area contributed by atoms with Crippen LogP contribution in [-0.4, -0.2) is 19.2 Å². The summed E-state index contributed by atoms with van der Waals surface area (Å²) in [6.45, 7) is 6.10. The van der Waals surface area contributed by atoms with Gasteiger partial charge in [0.05, 0.1) is 12.2 Å². The molecule has 3 heteroatoms. The van der Waals surface area contributed by atoms with Gasteiger partial charge in [-0.1, -0.05) is 26.0 Å². The molecule has 0 aromatic heterocycles. The van der Waals surface area contributed by atoms with Crippen molar-refractivity contribution in [3.63, 3.8) is 0 Å². The molecule has 0 spiro atoms. The van der Waals surface area contributed by atoms with Crippen molar-refractivity contribution in [3.05, 3.63) is 35.6 Å². The fraction of sp³-hybridized carbons (Fsp3) is 0.647. The Hall–Kier alpha value is -0.930. The SMILES string of the molecule is CCNCC(OC1CCC(C)CC1)c1ccc(F)cc1. The molecule has 1 aliphatic carbocycles. The molecule has 0 radical (unpaired) electrons. The Morgan fingerprint density at radius 2 is 1.85 bits per heavy atom. The van der Waals surface area contributed by atoms with Gasteiger partial charge >= 0.3 is 0 Å². The Bertz CT molecular complexity index is 384. The molecule has 1 N–H and O–H groups in total. The Morgan fingerprint density at radius 3 is 2.45 bits per heavy atom. The van der Waals surface area contributed by atoms with Crippen molar-refractivity contribution in [1.82, 2.24) is 5.32 Å². The third-order valence-electron chi connectivity index (χ3n) is 4.14. The van der Waals surface area contributed by atoms with Gasteiger partial charge in [-0.05, 0) is 55.8 Å². The first-order chi connectivity index (χ1) is 9.69. The first-order valence-corrected chi connectivity index (χ1v) is 7.80. The van der Waals surface area contributed by atoms with Gasteiger partial charge < -0.3 is 10.1 Å². The summed E-state index contributed by atoms with van der Waals surface area (Å²) >= 11 is 0. The first kappa shape index (κ1) is 15.5. The number of likely N-dealkylation sites (N-methyl/N-ethyl adjacent to an activating group) is 1. The maximum absolute atomic E-state index is 13.0. The maximum Gasteiger partial charge on any atom is 0.123 e. The lowest BCUT2D eigenvalue weighted by molar-refractivity contribution is -0.0361. The number of halogens is 1. The third-order valence-corrected chi connectivity index (χ3v) is 4.14. The van der Waals surface area contributed by atoms with Crippen molar-refractivity contribution in [2.45, 2.75) is 51.7 Å². The summed E-state index contributed by atoms with van der Waals surface area (Å²) in [4.78, 5) is 0. The van der Waals surface area contributed by atoms with Crippen LogP contribution >= 0.6 is 0 Å². The Kier molecular flexibility index (Phi) is 5.99. The van der Waals surface area contributed by atoms with Crippen LogP contribution in [0.5, 0.6) is 0 Å². The molecule has 0 aliphatic heterocycles. The number of ether oxygens (including phenoxy) is 1. The minimum absolute atomic E-state index is 0.0222. The molecule has 1 aliphatic rings. The van der Waals surface area contributed by atoms with E-state index in [0.717, 1.165) is 37.4 Å². The monoisotopic (exact) mass is 279 g/mol. The quantitative estimate of drug-likeness (QED) is 0.847. The molecule has 1 unspecified atom stereocenters. The Labute approximate surface area is 121 Å². The highest BCUT2D eigenvalue weighted by atomic mass is 19.1. The van der Waals surface area contributed by atoms with Crippen LogP contribution in [0.3, 0.4) is 0 Å². The van der Waals surface area contributed by atoms with Crippen molar-refractivity contribution in [2.24, 2.45) is 5.92 Å². The summed E-state index contributed by atoms with van der Waals surface area (Å²) in [5.74, 6) is 0.635. The number of nitrogens with one attached hydrogen (secondary N) is 1. The zero-order valence-corrected chi connectivity index (χ0v) is 12.6. The van der Waals surface area contributed by atoms with Crippen molar-refractivity contribution in [2.75, 3.05) is 13.1 Å². The number of rotatable bonds is 6. The molecule has 20 heavy (non-hydrogen) atoms. The smallest absolute Gasteiger partial charge is 0.123 e. The van der Waals surface area contributed by atoms with E-state index in [-0.39, 0.29) is 11.9 Å². The van der Waals surface area contributed by atoms with Gasteiger partial charge in [0.25, 0.3) is 0 Å². The second-order valence-corrected chi connectivity index (χ2v) is 5.87. The molecule has 1 aromatic rings. The predicted octanol–water partition coefficient (Wildman–Crippen LogP) is 4.07. The van der Waals surface area contributed by atoms with Gasteiger partial charge in [-0.15, -0.1) is 0 Å². The van der Waals surface area contributed by atoms with E-state index in [1.807, 2.05) is 12.1 Å². The molecule has 1 aromatic carbocycles. The van der Waals surface area contributed by atoms with Gasteiger partial charge in [0.15, 0.2) is 0 Å². The molecule has 2 rings (SSSR count). The van der Waals surface area contributed by atoms with Crippen LogP contribution in [0.15, 0.2) is 24.3 Å². The van der Waals surface area contributed by atoms with E-state index >= 15 is 0 Å². The van der Waals surface area contributed by atoms with Crippen LogP contribution in [0.4, 0.5) is 4.39 Å². The molecular formula is C17H26FNO. The summed E-state index contributed by atoms with van der Waals surface area (Å²) in [7, 11) is 0. The highest BCUT2D eigenvalue weighted by molar-refractivity contribution is 5.19. The topological polar surface area (TPSA) is 21.3 Å². The van der Waals surface area contributed by atoms with Gasteiger partial charge in [0.2, 0.25) is 0 Å². The fourth-order valence-corrected chi connectivity index (χ4v) is 2.80. The van der Waals surface area contributed by atoms with E-state index in [0.29, 0.717) is 6.10 Å². The normalized spacial score (nSPS) is 24.6. The highest BCUT2D eigenvalue weighted by Crippen LogP contribution is 2.29. The van der Waals surface area contributed by atoms with Crippen LogP contribution in [0, 0.1) is 11.7 Å². The van der Waals surface area contributed by atoms with Crippen LogP contribution in [0.25, 0.3) is 0 Å².